The second kappa shape index (κ2) is 3.18. The van der Waals surface area contributed by atoms with Crippen LogP contribution < -0.4 is 0 Å². The summed E-state index contributed by atoms with van der Waals surface area (Å²) < 4.78 is 1.15. The van der Waals surface area contributed by atoms with Crippen molar-refractivity contribution in [2.45, 2.75) is 0 Å². The number of carbonyl (C=O) groups is 1. The van der Waals surface area contributed by atoms with Crippen LogP contribution in [0.25, 0.3) is 0 Å². The molecule has 0 aliphatic rings. The van der Waals surface area contributed by atoms with E-state index >= 15 is 0 Å². The van der Waals surface area contributed by atoms with Gasteiger partial charge in [0.25, 0.3) is 0 Å². The Morgan fingerprint density at radius 3 is 2.92 bits per heavy atom. The molecule has 6 heteroatoms. The molecule has 0 aliphatic carbocycles. The molecule has 0 fully saturated rings. The Bertz CT molecular complexity index is 380. The number of aromatic nitrogens is 2. The second-order valence-corrected chi connectivity index (χ2v) is 2.33. The molecule has 0 aromatic carbocycles. The Morgan fingerprint density at radius 2 is 2.46 bits per heavy atom. The van der Waals surface area contributed by atoms with Crippen LogP contribution in [0.3, 0.4) is 0 Å². The highest BCUT2D eigenvalue weighted by Gasteiger charge is 2.22. The van der Waals surface area contributed by atoms with E-state index in [1.54, 1.807) is 0 Å². The zero-order valence-corrected chi connectivity index (χ0v) is 6.93. The van der Waals surface area contributed by atoms with E-state index in [-0.39, 0.29) is 11.4 Å². The van der Waals surface area contributed by atoms with Gasteiger partial charge in [-0.05, 0) is 6.08 Å². The number of hydrogen-bond acceptors (Lipinski definition) is 4. The van der Waals surface area contributed by atoms with E-state index in [9.17, 15) is 14.9 Å². The van der Waals surface area contributed by atoms with Crippen molar-refractivity contribution in [1.82, 2.24) is 9.78 Å². The van der Waals surface area contributed by atoms with Crippen molar-refractivity contribution < 1.29 is 9.72 Å². The highest BCUT2D eigenvalue weighted by molar-refractivity contribution is 6.05. The first-order valence-electron chi connectivity index (χ1n) is 3.41. The first kappa shape index (κ1) is 9.11. The Hall–Kier alpha value is -1.98. The summed E-state index contributed by atoms with van der Waals surface area (Å²) >= 11 is 0. The van der Waals surface area contributed by atoms with Crippen molar-refractivity contribution in [2.24, 2.45) is 7.05 Å². The van der Waals surface area contributed by atoms with E-state index in [2.05, 4.69) is 11.7 Å². The van der Waals surface area contributed by atoms with Crippen LogP contribution in [0.4, 0.5) is 5.69 Å². The maximum Gasteiger partial charge on any atom is 0.318 e. The molecule has 1 aromatic rings. The summed E-state index contributed by atoms with van der Waals surface area (Å²) in [4.78, 5) is 20.9. The van der Waals surface area contributed by atoms with Gasteiger partial charge in [0.05, 0.1) is 4.92 Å². The third-order valence-electron chi connectivity index (χ3n) is 1.53. The molecular weight excluding hydrogens is 174 g/mol. The number of aryl methyl sites for hydroxylation is 1. The normalized spacial score (nSPS) is 9.62. The molecule has 68 valence electrons. The molecule has 1 heterocycles. The van der Waals surface area contributed by atoms with Gasteiger partial charge in [-0.3, -0.25) is 19.6 Å². The lowest BCUT2D eigenvalue weighted by Crippen LogP contribution is -2.06. The van der Waals surface area contributed by atoms with Crippen LogP contribution in [-0.4, -0.2) is 20.5 Å². The highest BCUT2D eigenvalue weighted by Crippen LogP contribution is 2.17. The molecular formula is C7H7N3O3. The first-order valence-corrected chi connectivity index (χ1v) is 3.41. The Morgan fingerprint density at radius 1 is 1.85 bits per heavy atom. The van der Waals surface area contributed by atoms with Gasteiger partial charge in [-0.15, -0.1) is 0 Å². The van der Waals surface area contributed by atoms with Gasteiger partial charge < -0.3 is 0 Å². The molecule has 0 aliphatic heterocycles. The fourth-order valence-electron chi connectivity index (χ4n) is 0.942. The summed E-state index contributed by atoms with van der Waals surface area (Å²) in [7, 11) is 1.46. The third kappa shape index (κ3) is 1.46. The average molecular weight is 181 g/mol. The quantitative estimate of drug-likeness (QED) is 0.297. The number of carbonyl (C=O) groups excluding carboxylic acids is 1. The van der Waals surface area contributed by atoms with E-state index in [0.29, 0.717) is 0 Å². The zero-order chi connectivity index (χ0) is 10.0. The number of nitrogens with zero attached hydrogens (tertiary/aromatic N) is 3. The van der Waals surface area contributed by atoms with Crippen molar-refractivity contribution >= 4 is 11.5 Å². The van der Waals surface area contributed by atoms with Gasteiger partial charge in [0.15, 0.2) is 5.69 Å². The molecule has 13 heavy (non-hydrogen) atoms. The van der Waals surface area contributed by atoms with Crippen LogP contribution in [0.1, 0.15) is 10.5 Å². The summed E-state index contributed by atoms with van der Waals surface area (Å²) in [6.45, 7) is 3.24. The topological polar surface area (TPSA) is 78.0 Å². The third-order valence-corrected chi connectivity index (χ3v) is 1.53. The lowest BCUT2D eigenvalue weighted by atomic mass is 10.2. The molecule has 0 saturated carbocycles. The molecule has 0 unspecified atom stereocenters. The maximum absolute atomic E-state index is 11.1. The number of ketones is 1. The van der Waals surface area contributed by atoms with Gasteiger partial charge in [0, 0.05) is 7.05 Å². The molecule has 0 atom stereocenters. The van der Waals surface area contributed by atoms with Crippen molar-refractivity contribution in [2.75, 3.05) is 0 Å². The van der Waals surface area contributed by atoms with Gasteiger partial charge in [0.2, 0.25) is 5.78 Å². The van der Waals surface area contributed by atoms with Gasteiger partial charge in [-0.25, -0.2) is 0 Å². The Balaban J connectivity index is 3.31. The lowest BCUT2D eigenvalue weighted by Gasteiger charge is -1.94. The predicted octanol–water partition coefficient (Wildman–Crippen LogP) is 0.697. The molecule has 0 spiro atoms. The summed E-state index contributed by atoms with van der Waals surface area (Å²) in [5.74, 6) is -0.508. The van der Waals surface area contributed by atoms with E-state index in [1.807, 2.05) is 0 Å². The number of rotatable bonds is 3. The minimum atomic E-state index is -0.649. The Labute approximate surface area is 73.6 Å². The van der Waals surface area contributed by atoms with Crippen molar-refractivity contribution in [1.29, 1.82) is 0 Å². The molecule has 0 N–H and O–H groups in total. The van der Waals surface area contributed by atoms with E-state index in [4.69, 9.17) is 0 Å². The number of nitro groups is 1. The summed E-state index contributed by atoms with van der Waals surface area (Å²) in [5, 5.41) is 14.0. The number of hydrogen-bond donors (Lipinski definition) is 0. The van der Waals surface area contributed by atoms with Crippen LogP contribution in [0.5, 0.6) is 0 Å². The van der Waals surface area contributed by atoms with Crippen LogP contribution in [0, 0.1) is 10.1 Å². The fraction of sp³-hybridized carbons (Fsp3) is 0.143. The molecule has 0 saturated heterocycles. The molecule has 0 radical (unpaired) electrons. The standard InChI is InChI=1S/C7H7N3O3/c1-3-6(11)7-5(10(12)13)4-8-9(7)2/h3-4H,1H2,2H3. The lowest BCUT2D eigenvalue weighted by molar-refractivity contribution is -0.385. The molecule has 1 rings (SSSR count). The van der Waals surface area contributed by atoms with Gasteiger partial charge in [-0.1, -0.05) is 6.58 Å². The summed E-state index contributed by atoms with van der Waals surface area (Å²) in [6.07, 6.45) is 2.06. The zero-order valence-electron chi connectivity index (χ0n) is 6.93. The maximum atomic E-state index is 11.1. The Kier molecular flexibility index (Phi) is 2.23. The van der Waals surface area contributed by atoms with Gasteiger partial charge in [0.1, 0.15) is 6.20 Å². The monoisotopic (exact) mass is 181 g/mol. The summed E-state index contributed by atoms with van der Waals surface area (Å²) in [6, 6.07) is 0. The smallest absolute Gasteiger partial charge is 0.287 e. The van der Waals surface area contributed by atoms with Gasteiger partial charge in [-0.2, -0.15) is 5.10 Å². The van der Waals surface area contributed by atoms with E-state index in [0.717, 1.165) is 17.0 Å². The predicted molar refractivity (Wildman–Crippen MR) is 44.4 cm³/mol. The summed E-state index contributed by atoms with van der Waals surface area (Å²) in [5.41, 5.74) is -0.354. The molecule has 0 bridgehead atoms. The van der Waals surface area contributed by atoms with Gasteiger partial charge >= 0.3 is 5.69 Å². The largest absolute Gasteiger partial charge is 0.318 e. The van der Waals surface area contributed by atoms with Crippen LogP contribution in [0.2, 0.25) is 0 Å². The van der Waals surface area contributed by atoms with Crippen molar-refractivity contribution in [3.05, 3.63) is 34.7 Å². The van der Waals surface area contributed by atoms with Crippen molar-refractivity contribution in [3.8, 4) is 0 Å². The van der Waals surface area contributed by atoms with Crippen LogP contribution in [0.15, 0.2) is 18.9 Å². The SMILES string of the molecule is C=CC(=O)c1c([N+](=O)[O-])cnn1C. The number of allylic oxidation sites excluding steroid dienone is 1. The molecule has 1 aromatic heterocycles. The van der Waals surface area contributed by atoms with E-state index in [1.165, 1.54) is 7.05 Å². The van der Waals surface area contributed by atoms with Crippen LogP contribution >= 0.6 is 0 Å². The fourth-order valence-corrected chi connectivity index (χ4v) is 0.942. The molecule has 6 nitrogen and oxygen atoms in total. The van der Waals surface area contributed by atoms with Crippen LogP contribution in [-0.2, 0) is 7.05 Å². The second-order valence-electron chi connectivity index (χ2n) is 2.33. The first-order chi connectivity index (χ1) is 6.07. The minimum Gasteiger partial charge on any atom is -0.287 e. The average Bonchev–Trinajstić information content (AvgIpc) is 2.46. The van der Waals surface area contributed by atoms with Crippen molar-refractivity contribution in [3.63, 3.8) is 0 Å². The molecule has 0 amide bonds. The highest BCUT2D eigenvalue weighted by atomic mass is 16.6. The van der Waals surface area contributed by atoms with E-state index < -0.39 is 10.7 Å². The minimum absolute atomic E-state index is 0.0556.